The summed E-state index contributed by atoms with van der Waals surface area (Å²) in [6.07, 6.45) is 3.25. The van der Waals surface area contributed by atoms with Crippen molar-refractivity contribution in [2.24, 2.45) is 0 Å². The van der Waals surface area contributed by atoms with E-state index in [9.17, 15) is 4.79 Å². The Bertz CT molecular complexity index is 532. The molecule has 0 fully saturated rings. The monoisotopic (exact) mass is 306 g/mol. The maximum atomic E-state index is 12.0. The fourth-order valence-corrected chi connectivity index (χ4v) is 1.69. The van der Waals surface area contributed by atoms with Crippen molar-refractivity contribution in [2.45, 2.75) is 0 Å². The number of nitrogens with zero attached hydrogens (tertiary/aromatic N) is 1. The Morgan fingerprint density at radius 2 is 2.22 bits per heavy atom. The van der Waals surface area contributed by atoms with Gasteiger partial charge in [-0.3, -0.25) is 9.78 Å². The van der Waals surface area contributed by atoms with Gasteiger partial charge < -0.3 is 10.1 Å². The summed E-state index contributed by atoms with van der Waals surface area (Å²) >= 11 is 3.17. The predicted molar refractivity (Wildman–Crippen MR) is 73.1 cm³/mol. The minimum Gasteiger partial charge on any atom is -0.482 e. The number of pyridine rings is 1. The summed E-state index contributed by atoms with van der Waals surface area (Å²) in [7, 11) is 0. The van der Waals surface area contributed by atoms with Crippen molar-refractivity contribution in [2.75, 3.05) is 10.8 Å². The van der Waals surface area contributed by atoms with Crippen LogP contribution in [0.1, 0.15) is 10.4 Å². The van der Waals surface area contributed by atoms with Crippen LogP contribution in [0.2, 0.25) is 0 Å². The van der Waals surface area contributed by atoms with E-state index in [0.29, 0.717) is 22.5 Å². The zero-order valence-corrected chi connectivity index (χ0v) is 11.1. The van der Waals surface area contributed by atoms with Gasteiger partial charge in [0.1, 0.15) is 11.3 Å². The first-order chi connectivity index (χ1) is 8.79. The van der Waals surface area contributed by atoms with Gasteiger partial charge in [-0.15, -0.1) is 0 Å². The number of aromatic nitrogens is 1. The Morgan fingerprint density at radius 3 is 2.94 bits per heavy atom. The summed E-state index contributed by atoms with van der Waals surface area (Å²) in [6, 6.07) is 10.5. The van der Waals surface area contributed by atoms with E-state index in [0.717, 1.165) is 0 Å². The van der Waals surface area contributed by atoms with Crippen molar-refractivity contribution < 1.29 is 9.53 Å². The van der Waals surface area contributed by atoms with Crippen molar-refractivity contribution in [3.8, 4) is 5.75 Å². The number of rotatable bonds is 4. The van der Waals surface area contributed by atoms with Gasteiger partial charge >= 0.3 is 0 Å². The molecular weight excluding hydrogens is 296 g/mol. The maximum Gasteiger partial charge on any atom is 0.255 e. The highest BCUT2D eigenvalue weighted by Crippen LogP contribution is 2.15. The van der Waals surface area contributed by atoms with Crippen molar-refractivity contribution in [1.82, 2.24) is 4.98 Å². The Labute approximate surface area is 113 Å². The Balaban J connectivity index is 2.11. The lowest BCUT2D eigenvalue weighted by atomic mass is 10.2. The normalized spacial score (nSPS) is 9.83. The van der Waals surface area contributed by atoms with E-state index in [2.05, 4.69) is 26.2 Å². The van der Waals surface area contributed by atoms with Gasteiger partial charge in [0, 0.05) is 11.8 Å². The maximum absolute atomic E-state index is 12.0. The van der Waals surface area contributed by atoms with Crippen LogP contribution in [0.25, 0.3) is 0 Å². The molecule has 18 heavy (non-hydrogen) atoms. The minimum atomic E-state index is -0.192. The van der Waals surface area contributed by atoms with Crippen LogP contribution in [0.15, 0.2) is 48.8 Å². The third-order valence-electron chi connectivity index (χ3n) is 2.24. The van der Waals surface area contributed by atoms with Crippen molar-refractivity contribution in [3.05, 3.63) is 54.4 Å². The van der Waals surface area contributed by atoms with Gasteiger partial charge in [-0.1, -0.05) is 6.07 Å². The Morgan fingerprint density at radius 1 is 1.33 bits per heavy atom. The van der Waals surface area contributed by atoms with Gasteiger partial charge in [0.2, 0.25) is 0 Å². The average molecular weight is 307 g/mol. The minimum absolute atomic E-state index is 0.192. The lowest BCUT2D eigenvalue weighted by Crippen LogP contribution is -2.12. The van der Waals surface area contributed by atoms with Crippen LogP contribution in [0.4, 0.5) is 5.69 Å². The van der Waals surface area contributed by atoms with Gasteiger partial charge in [-0.2, -0.15) is 0 Å². The number of hydrogen-bond acceptors (Lipinski definition) is 3. The number of benzene rings is 1. The first-order valence-corrected chi connectivity index (χ1v) is 6.42. The van der Waals surface area contributed by atoms with Gasteiger partial charge in [0.05, 0.1) is 11.9 Å². The number of halogens is 1. The third-order valence-corrected chi connectivity index (χ3v) is 2.47. The molecule has 1 N–H and O–H groups in total. The van der Waals surface area contributed by atoms with Crippen LogP contribution >= 0.6 is 15.9 Å². The first-order valence-electron chi connectivity index (χ1n) is 5.30. The van der Waals surface area contributed by atoms with Gasteiger partial charge in [-0.05, 0) is 46.3 Å². The van der Waals surface area contributed by atoms with E-state index in [1.165, 1.54) is 0 Å². The molecular formula is C13H11BrN2O2. The number of carbonyl (C=O) groups is 1. The quantitative estimate of drug-likeness (QED) is 0.883. The summed E-state index contributed by atoms with van der Waals surface area (Å²) < 4.78 is 5.27. The largest absolute Gasteiger partial charge is 0.482 e. The van der Waals surface area contributed by atoms with Gasteiger partial charge in [0.15, 0.2) is 0 Å². The number of nitrogens with one attached hydrogen (secondary N) is 1. The van der Waals surface area contributed by atoms with E-state index >= 15 is 0 Å². The second-order valence-electron chi connectivity index (χ2n) is 3.48. The molecule has 1 heterocycles. The number of alkyl halides is 1. The number of hydrogen-bond donors (Lipinski definition) is 1. The molecule has 0 bridgehead atoms. The standard InChI is InChI=1S/C13H11BrN2O2/c14-9-18-12-5-1-3-10(7-12)13(17)16-11-4-2-6-15-8-11/h1-8H,9H2,(H,16,17). The fourth-order valence-electron chi connectivity index (χ4n) is 1.43. The van der Waals surface area contributed by atoms with E-state index in [1.807, 2.05) is 0 Å². The van der Waals surface area contributed by atoms with Gasteiger partial charge in [-0.25, -0.2) is 0 Å². The first kappa shape index (κ1) is 12.6. The number of ether oxygens (including phenoxy) is 1. The molecule has 0 saturated heterocycles. The molecule has 0 unspecified atom stereocenters. The van der Waals surface area contributed by atoms with Crippen LogP contribution in [-0.4, -0.2) is 16.4 Å². The SMILES string of the molecule is O=C(Nc1cccnc1)c1cccc(OCBr)c1. The second kappa shape index (κ2) is 6.16. The molecule has 2 rings (SSSR count). The molecule has 0 aliphatic carbocycles. The van der Waals surface area contributed by atoms with Crippen molar-refractivity contribution >= 4 is 27.5 Å². The predicted octanol–water partition coefficient (Wildman–Crippen LogP) is 3.07. The number of amides is 1. The average Bonchev–Trinajstić information content (AvgIpc) is 2.40. The number of anilines is 1. The molecule has 0 radical (unpaired) electrons. The summed E-state index contributed by atoms with van der Waals surface area (Å²) in [5.41, 5.74) is 1.59. The van der Waals surface area contributed by atoms with Crippen LogP contribution in [0.5, 0.6) is 5.75 Å². The highest BCUT2D eigenvalue weighted by atomic mass is 79.9. The van der Waals surface area contributed by atoms with Gasteiger partial charge in [0.25, 0.3) is 5.91 Å². The third kappa shape index (κ3) is 3.30. The lowest BCUT2D eigenvalue weighted by molar-refractivity contribution is 0.102. The molecule has 0 spiro atoms. The van der Waals surface area contributed by atoms with Crippen LogP contribution in [0, 0.1) is 0 Å². The summed E-state index contributed by atoms with van der Waals surface area (Å²) in [4.78, 5) is 15.9. The van der Waals surface area contributed by atoms with Crippen molar-refractivity contribution in [3.63, 3.8) is 0 Å². The smallest absolute Gasteiger partial charge is 0.255 e. The number of carbonyl (C=O) groups excluding carboxylic acids is 1. The Kier molecular flexibility index (Phi) is 4.30. The highest BCUT2D eigenvalue weighted by molar-refractivity contribution is 9.09. The van der Waals surface area contributed by atoms with Crippen LogP contribution < -0.4 is 10.1 Å². The molecule has 0 aliphatic rings. The zero-order chi connectivity index (χ0) is 12.8. The van der Waals surface area contributed by atoms with Crippen LogP contribution in [0.3, 0.4) is 0 Å². The summed E-state index contributed by atoms with van der Waals surface area (Å²) in [5, 5.41) is 2.76. The lowest BCUT2D eigenvalue weighted by Gasteiger charge is -2.06. The molecule has 2 aromatic rings. The molecule has 0 saturated carbocycles. The second-order valence-corrected chi connectivity index (χ2v) is 3.93. The van der Waals surface area contributed by atoms with E-state index in [-0.39, 0.29) is 5.91 Å². The topological polar surface area (TPSA) is 51.2 Å². The summed E-state index contributed by atoms with van der Waals surface area (Å²) in [6.45, 7) is 0. The molecule has 4 nitrogen and oxygen atoms in total. The molecule has 1 aromatic heterocycles. The van der Waals surface area contributed by atoms with E-state index < -0.39 is 0 Å². The van der Waals surface area contributed by atoms with Crippen LogP contribution in [-0.2, 0) is 0 Å². The molecule has 0 aliphatic heterocycles. The van der Waals surface area contributed by atoms with E-state index in [1.54, 1.807) is 48.8 Å². The summed E-state index contributed by atoms with van der Waals surface area (Å²) in [5.74, 6) is 0.453. The molecule has 0 atom stereocenters. The molecule has 1 amide bonds. The van der Waals surface area contributed by atoms with Crippen molar-refractivity contribution in [1.29, 1.82) is 0 Å². The van der Waals surface area contributed by atoms with E-state index in [4.69, 9.17) is 4.74 Å². The molecule has 1 aromatic carbocycles. The molecule has 5 heteroatoms. The highest BCUT2D eigenvalue weighted by Gasteiger charge is 2.07. The Hall–Kier alpha value is -1.88. The molecule has 92 valence electrons. The fraction of sp³-hybridized carbons (Fsp3) is 0.0769. The zero-order valence-electron chi connectivity index (χ0n) is 9.47.